The monoisotopic (exact) mass is 414 g/mol. The topological polar surface area (TPSA) is 54.4 Å². The van der Waals surface area contributed by atoms with Gasteiger partial charge in [-0.15, -0.1) is 0 Å². The van der Waals surface area contributed by atoms with Crippen LogP contribution in [0.25, 0.3) is 0 Å². The minimum absolute atomic E-state index is 0. The number of hydrogen-bond donors (Lipinski definition) is 1. The third-order valence-electron chi connectivity index (χ3n) is 1.83. The van der Waals surface area contributed by atoms with Crippen LogP contribution in [0.15, 0.2) is 0 Å². The molecule has 0 fully saturated rings. The maximum atomic E-state index is 12.5. The van der Waals surface area contributed by atoms with Crippen molar-refractivity contribution in [3.63, 3.8) is 0 Å². The van der Waals surface area contributed by atoms with Crippen molar-refractivity contribution in [2.24, 2.45) is 0 Å². The van der Waals surface area contributed by atoms with Crippen molar-refractivity contribution in [3.8, 4) is 0 Å². The van der Waals surface area contributed by atoms with E-state index >= 15 is 0 Å². The van der Waals surface area contributed by atoms with E-state index in [-0.39, 0.29) is 19.5 Å². The molecule has 0 amide bonds. The van der Waals surface area contributed by atoms with Crippen LogP contribution in [0, 0.1) is 0 Å². The van der Waals surface area contributed by atoms with Crippen molar-refractivity contribution in [1.82, 2.24) is 0 Å². The smallest absolute Gasteiger partial charge is 0.281 e. The van der Waals surface area contributed by atoms with Gasteiger partial charge in [0, 0.05) is 19.5 Å². The predicted octanol–water partition coefficient (Wildman–Crippen LogP) is 2.93. The van der Waals surface area contributed by atoms with E-state index in [9.17, 15) is 56.7 Å². The SMILES string of the molecule is O=S(=O)(O)C(F)(F)C(F)(F)C(F)(F)C(F)(F)C(F)(F)F.[Zn]. The maximum absolute atomic E-state index is 12.5. The van der Waals surface area contributed by atoms with Crippen molar-refractivity contribution in [2.75, 3.05) is 0 Å². The zero-order valence-corrected chi connectivity index (χ0v) is 12.8. The first kappa shape index (κ1) is 23.0. The fraction of sp³-hybridized carbons (Fsp3) is 1.00. The van der Waals surface area contributed by atoms with Gasteiger partial charge >= 0.3 is 39.3 Å². The van der Waals surface area contributed by atoms with Crippen LogP contribution in [0.5, 0.6) is 0 Å². The molecule has 21 heavy (non-hydrogen) atoms. The number of halogens is 11. The average molecular weight is 415 g/mol. The number of alkyl halides is 11. The van der Waals surface area contributed by atoms with Crippen LogP contribution < -0.4 is 0 Å². The molecule has 0 aromatic heterocycles. The third-order valence-corrected chi connectivity index (χ3v) is 2.74. The molecular formula is C5HF11O3SZn. The molecule has 0 atom stereocenters. The summed E-state index contributed by atoms with van der Waals surface area (Å²) < 4.78 is 161. The molecule has 0 bridgehead atoms. The summed E-state index contributed by atoms with van der Waals surface area (Å²) in [4.78, 5) is 0. The van der Waals surface area contributed by atoms with Gasteiger partial charge in [-0.3, -0.25) is 4.55 Å². The number of hydrogen-bond acceptors (Lipinski definition) is 2. The molecule has 0 saturated heterocycles. The Bertz CT molecular complexity index is 481. The van der Waals surface area contributed by atoms with Crippen LogP contribution in [0.1, 0.15) is 0 Å². The fourth-order valence-corrected chi connectivity index (χ4v) is 1.17. The van der Waals surface area contributed by atoms with Crippen LogP contribution in [0.3, 0.4) is 0 Å². The van der Waals surface area contributed by atoms with E-state index in [1.54, 1.807) is 0 Å². The third kappa shape index (κ3) is 3.11. The van der Waals surface area contributed by atoms with E-state index in [0.29, 0.717) is 0 Å². The second-order valence-corrected chi connectivity index (χ2v) is 4.68. The Balaban J connectivity index is 0. The fourth-order valence-electron chi connectivity index (χ4n) is 0.720. The summed E-state index contributed by atoms with van der Waals surface area (Å²) in [7, 11) is -7.41. The van der Waals surface area contributed by atoms with E-state index in [4.69, 9.17) is 4.55 Å². The van der Waals surface area contributed by atoms with E-state index in [1.807, 2.05) is 0 Å². The van der Waals surface area contributed by atoms with Crippen molar-refractivity contribution >= 4 is 10.1 Å². The van der Waals surface area contributed by atoms with Crippen molar-refractivity contribution in [2.45, 2.75) is 29.2 Å². The van der Waals surface area contributed by atoms with E-state index in [1.165, 1.54) is 0 Å². The Kier molecular flexibility index (Phi) is 5.97. The summed E-state index contributed by atoms with van der Waals surface area (Å²) in [6, 6.07) is 0. The Morgan fingerprint density at radius 3 is 1.10 bits per heavy atom. The average Bonchev–Trinajstić information content (AvgIpc) is 2.12. The second-order valence-electron chi connectivity index (χ2n) is 3.21. The molecule has 0 aromatic carbocycles. The molecule has 16 heteroatoms. The van der Waals surface area contributed by atoms with Crippen molar-refractivity contribution in [3.05, 3.63) is 0 Å². The maximum Gasteiger partial charge on any atom is 0.460 e. The van der Waals surface area contributed by atoms with E-state index in [2.05, 4.69) is 0 Å². The van der Waals surface area contributed by atoms with Crippen molar-refractivity contribution < 1.29 is 80.7 Å². The molecule has 0 aliphatic heterocycles. The van der Waals surface area contributed by atoms with Gasteiger partial charge in [-0.2, -0.15) is 56.7 Å². The first-order valence-electron chi connectivity index (χ1n) is 3.80. The molecule has 0 aliphatic rings. The standard InChI is InChI=1S/C5HF11O3S.Zn/c6-1(7,2(8,9)4(12,13)14)3(10,11)5(15,16)20(17,18)19;/h(H,17,18,19);. The molecule has 124 valence electrons. The van der Waals surface area contributed by atoms with Crippen LogP contribution in [-0.4, -0.2) is 42.2 Å². The largest absolute Gasteiger partial charge is 0.460 e. The molecule has 0 aliphatic carbocycles. The summed E-state index contributed by atoms with van der Waals surface area (Å²) in [6.45, 7) is 0. The molecule has 0 spiro atoms. The van der Waals surface area contributed by atoms with E-state index < -0.39 is 39.3 Å². The molecule has 0 unspecified atom stereocenters. The minimum atomic E-state index is -7.86. The van der Waals surface area contributed by atoms with Gasteiger partial charge in [0.2, 0.25) is 0 Å². The summed E-state index contributed by atoms with van der Waals surface area (Å²) in [6.07, 6.45) is -7.39. The zero-order chi connectivity index (χ0) is 17.0. The Hall–Kier alpha value is -0.237. The normalized spacial score (nSPS) is 15.6. The van der Waals surface area contributed by atoms with Gasteiger partial charge in [0.1, 0.15) is 0 Å². The van der Waals surface area contributed by atoms with Crippen LogP contribution in [0.2, 0.25) is 0 Å². The van der Waals surface area contributed by atoms with Crippen LogP contribution in [-0.2, 0) is 29.6 Å². The molecule has 0 heterocycles. The molecule has 3 nitrogen and oxygen atoms in total. The molecular weight excluding hydrogens is 414 g/mol. The zero-order valence-electron chi connectivity index (χ0n) is 9.04. The van der Waals surface area contributed by atoms with Gasteiger partial charge in [0.15, 0.2) is 0 Å². The molecule has 0 aromatic rings. The summed E-state index contributed by atoms with van der Waals surface area (Å²) in [5.41, 5.74) is 0. The molecule has 1 N–H and O–H groups in total. The summed E-state index contributed by atoms with van der Waals surface area (Å²) in [5, 5.41) is -7.29. The Morgan fingerprint density at radius 2 is 0.905 bits per heavy atom. The Labute approximate surface area is 121 Å². The quantitative estimate of drug-likeness (QED) is 0.436. The van der Waals surface area contributed by atoms with Crippen molar-refractivity contribution in [1.29, 1.82) is 0 Å². The van der Waals surface area contributed by atoms with Gasteiger partial charge in [-0.1, -0.05) is 0 Å². The molecule has 0 rings (SSSR count). The number of rotatable bonds is 4. The first-order valence-corrected chi connectivity index (χ1v) is 5.24. The predicted molar refractivity (Wildman–Crippen MR) is 37.4 cm³/mol. The summed E-state index contributed by atoms with van der Waals surface area (Å²) in [5.74, 6) is -23.3. The van der Waals surface area contributed by atoms with Gasteiger partial charge in [-0.05, 0) is 0 Å². The van der Waals surface area contributed by atoms with Crippen LogP contribution >= 0.6 is 0 Å². The summed E-state index contributed by atoms with van der Waals surface area (Å²) >= 11 is 0. The minimum Gasteiger partial charge on any atom is -0.281 e. The van der Waals surface area contributed by atoms with E-state index in [0.717, 1.165) is 0 Å². The van der Waals surface area contributed by atoms with Gasteiger partial charge in [0.05, 0.1) is 0 Å². The second kappa shape index (κ2) is 5.44. The molecule has 0 radical (unpaired) electrons. The van der Waals surface area contributed by atoms with Gasteiger partial charge in [0.25, 0.3) is 0 Å². The Morgan fingerprint density at radius 1 is 0.619 bits per heavy atom. The first-order chi connectivity index (χ1) is 8.25. The van der Waals surface area contributed by atoms with Gasteiger partial charge < -0.3 is 0 Å². The van der Waals surface area contributed by atoms with Gasteiger partial charge in [-0.25, -0.2) is 0 Å². The molecule has 0 saturated carbocycles. The van der Waals surface area contributed by atoms with Crippen LogP contribution in [0.4, 0.5) is 48.3 Å².